The molecule has 2 aliphatic rings. The number of hydrogen-bond donors (Lipinski definition) is 1. The third kappa shape index (κ3) is 4.72. The number of amides is 1. The van der Waals surface area contributed by atoms with Gasteiger partial charge in [-0.1, -0.05) is 18.0 Å². The zero-order valence-corrected chi connectivity index (χ0v) is 20.7. The highest BCUT2D eigenvalue weighted by atomic mass is 16.5. The summed E-state index contributed by atoms with van der Waals surface area (Å²) in [5.41, 5.74) is 1.79. The minimum absolute atomic E-state index is 0.0827. The number of anilines is 1. The molecule has 0 bridgehead atoms. The lowest BCUT2D eigenvalue weighted by Crippen LogP contribution is -2.32. The number of hydrogen-bond acceptors (Lipinski definition) is 9. The normalized spacial score (nSPS) is 18.2. The Balaban J connectivity index is 1.57. The Hall–Kier alpha value is -4.05. The number of benzene rings is 1. The summed E-state index contributed by atoms with van der Waals surface area (Å²) in [5, 5.41) is 15.0. The Bertz CT molecular complexity index is 1330. The summed E-state index contributed by atoms with van der Waals surface area (Å²) >= 11 is 0. The predicted octanol–water partition coefficient (Wildman–Crippen LogP) is 4.12. The highest BCUT2D eigenvalue weighted by molar-refractivity contribution is 6.17. The number of aliphatic hydroxyl groups excluding tert-OH is 1. The molecule has 1 aliphatic carbocycles. The van der Waals surface area contributed by atoms with Crippen LogP contribution in [0, 0.1) is 12.8 Å². The van der Waals surface area contributed by atoms with Gasteiger partial charge in [0.1, 0.15) is 12.6 Å². The van der Waals surface area contributed by atoms with Crippen molar-refractivity contribution in [1.29, 1.82) is 0 Å². The molecule has 10 nitrogen and oxygen atoms in total. The molecule has 37 heavy (non-hydrogen) atoms. The summed E-state index contributed by atoms with van der Waals surface area (Å²) < 4.78 is 16.0. The monoisotopic (exact) mass is 504 g/mol. The Morgan fingerprint density at radius 1 is 1.16 bits per heavy atom. The lowest BCUT2D eigenvalue weighted by molar-refractivity contribution is -0.120. The Morgan fingerprint density at radius 2 is 1.92 bits per heavy atom. The zero-order valence-electron chi connectivity index (χ0n) is 20.7. The quantitative estimate of drug-likeness (QED) is 0.428. The second kappa shape index (κ2) is 10.5. The predicted molar refractivity (Wildman–Crippen MR) is 133 cm³/mol. The smallest absolute Gasteiger partial charge is 0.294 e. The third-order valence-corrected chi connectivity index (χ3v) is 6.75. The third-order valence-electron chi connectivity index (χ3n) is 6.75. The molecule has 3 aromatic rings. The molecule has 3 heterocycles. The van der Waals surface area contributed by atoms with Gasteiger partial charge in [0.05, 0.1) is 12.2 Å². The summed E-state index contributed by atoms with van der Waals surface area (Å²) in [6.07, 6.45) is 4.94. The minimum atomic E-state index is -0.898. The van der Waals surface area contributed by atoms with Crippen molar-refractivity contribution in [1.82, 2.24) is 15.1 Å². The zero-order chi connectivity index (χ0) is 25.9. The maximum absolute atomic E-state index is 13.7. The van der Waals surface area contributed by atoms with E-state index in [4.69, 9.17) is 14.0 Å². The number of aromatic nitrogens is 3. The van der Waals surface area contributed by atoms with E-state index in [9.17, 15) is 14.7 Å². The second-order valence-corrected chi connectivity index (χ2v) is 9.11. The molecule has 1 aliphatic heterocycles. The Kier molecular flexibility index (Phi) is 7.00. The molecule has 1 amide bonds. The minimum Gasteiger partial charge on any atom is -0.503 e. The lowest BCUT2D eigenvalue weighted by Gasteiger charge is -2.28. The van der Waals surface area contributed by atoms with Crippen molar-refractivity contribution in [2.45, 2.75) is 38.6 Å². The topological polar surface area (TPSA) is 128 Å². The van der Waals surface area contributed by atoms with Crippen LogP contribution in [0.15, 0.2) is 58.5 Å². The Morgan fingerprint density at radius 3 is 2.59 bits per heavy atom. The van der Waals surface area contributed by atoms with Crippen LogP contribution in [-0.2, 0) is 14.3 Å². The Labute approximate surface area is 213 Å². The van der Waals surface area contributed by atoms with Crippen molar-refractivity contribution in [3.05, 3.63) is 65.4 Å². The van der Waals surface area contributed by atoms with Gasteiger partial charge < -0.3 is 19.1 Å². The van der Waals surface area contributed by atoms with E-state index in [-0.39, 0.29) is 29.8 Å². The van der Waals surface area contributed by atoms with E-state index in [0.717, 1.165) is 25.7 Å². The number of aliphatic hydroxyl groups is 1. The molecule has 1 saturated carbocycles. The first-order valence-electron chi connectivity index (χ1n) is 12.3. The maximum Gasteiger partial charge on any atom is 0.294 e. The molecule has 5 rings (SSSR count). The van der Waals surface area contributed by atoms with Crippen molar-refractivity contribution in [2.75, 3.05) is 25.2 Å². The number of rotatable bonds is 9. The largest absolute Gasteiger partial charge is 0.503 e. The fraction of sp³-hybridized carbons (Fsp3) is 0.370. The molecule has 2 aromatic heterocycles. The molecule has 1 fully saturated rings. The van der Waals surface area contributed by atoms with Crippen molar-refractivity contribution in [3.8, 4) is 17.3 Å². The van der Waals surface area contributed by atoms with Crippen molar-refractivity contribution < 1.29 is 28.7 Å². The summed E-state index contributed by atoms with van der Waals surface area (Å²) in [7, 11) is 1.57. The van der Waals surface area contributed by atoms with E-state index in [1.54, 1.807) is 56.6 Å². The van der Waals surface area contributed by atoms with Gasteiger partial charge in [0.25, 0.3) is 5.91 Å². The molecular formula is C27H28N4O6. The van der Waals surface area contributed by atoms with Crippen LogP contribution in [-0.4, -0.2) is 52.2 Å². The van der Waals surface area contributed by atoms with Crippen LogP contribution in [0.2, 0.25) is 0 Å². The molecule has 1 N–H and O–H groups in total. The highest BCUT2D eigenvalue weighted by Gasteiger charge is 2.47. The number of aryl methyl sites for hydroxylation is 1. The molecule has 1 unspecified atom stereocenters. The fourth-order valence-electron chi connectivity index (χ4n) is 4.97. The van der Waals surface area contributed by atoms with Gasteiger partial charge in [-0.05, 0) is 49.2 Å². The highest BCUT2D eigenvalue weighted by Crippen LogP contribution is 2.45. The molecule has 1 atom stereocenters. The SMILES string of the molecule is COCCOc1ncccc1C1C(C(=O)C2CCCC2)=C(O)C(=O)N1c1ccc(-c2noc(C)n2)cc1. The summed E-state index contributed by atoms with van der Waals surface area (Å²) in [6, 6.07) is 9.56. The van der Waals surface area contributed by atoms with Gasteiger partial charge >= 0.3 is 0 Å². The lowest BCUT2D eigenvalue weighted by atomic mass is 9.89. The standard InChI is InChI=1S/C27H28N4O6/c1-16-29-25(30-37-16)18-9-11-19(12-10-18)31-22(20-8-5-13-28-26(20)36-15-14-35-2)21(24(33)27(31)34)23(32)17-6-3-4-7-17/h5,8-13,17,22,33H,3-4,6-7,14-15H2,1-2H3. The van der Waals surface area contributed by atoms with Crippen molar-refractivity contribution in [2.24, 2.45) is 5.92 Å². The first kappa shape index (κ1) is 24.6. The number of methoxy groups -OCH3 is 1. The molecule has 1 aromatic carbocycles. The second-order valence-electron chi connectivity index (χ2n) is 9.11. The van der Waals surface area contributed by atoms with Gasteiger partial charge in [0.2, 0.25) is 17.6 Å². The first-order valence-corrected chi connectivity index (χ1v) is 12.3. The van der Waals surface area contributed by atoms with Crippen LogP contribution < -0.4 is 9.64 Å². The molecule has 0 saturated heterocycles. The van der Waals surface area contributed by atoms with Crippen molar-refractivity contribution in [3.63, 3.8) is 0 Å². The van der Waals surface area contributed by atoms with E-state index in [2.05, 4.69) is 15.1 Å². The van der Waals surface area contributed by atoms with E-state index in [1.807, 2.05) is 0 Å². The fourth-order valence-corrected chi connectivity index (χ4v) is 4.97. The van der Waals surface area contributed by atoms with Gasteiger partial charge in [-0.15, -0.1) is 0 Å². The van der Waals surface area contributed by atoms with Gasteiger partial charge in [-0.25, -0.2) is 4.98 Å². The molecule has 0 radical (unpaired) electrons. The van der Waals surface area contributed by atoms with E-state index in [1.165, 1.54) is 4.90 Å². The number of pyridine rings is 1. The number of Topliss-reactive ketones (excluding diaryl/α,β-unsaturated/α-hetero) is 1. The van der Waals surface area contributed by atoms with Crippen LogP contribution in [0.1, 0.15) is 43.2 Å². The van der Waals surface area contributed by atoms with Crippen LogP contribution >= 0.6 is 0 Å². The molecule has 0 spiro atoms. The first-order chi connectivity index (χ1) is 18.0. The number of ketones is 1. The van der Waals surface area contributed by atoms with E-state index < -0.39 is 17.7 Å². The van der Waals surface area contributed by atoms with Crippen molar-refractivity contribution >= 4 is 17.4 Å². The number of carbonyl (C=O) groups is 2. The van der Waals surface area contributed by atoms with Crippen LogP contribution in [0.4, 0.5) is 5.69 Å². The van der Waals surface area contributed by atoms with Crippen LogP contribution in [0.3, 0.4) is 0 Å². The molecule has 192 valence electrons. The van der Waals surface area contributed by atoms with E-state index >= 15 is 0 Å². The summed E-state index contributed by atoms with van der Waals surface area (Å²) in [6.45, 7) is 2.28. The average molecular weight is 505 g/mol. The van der Waals surface area contributed by atoms with Gasteiger partial charge in [0, 0.05) is 43.0 Å². The number of nitrogens with zero attached hydrogens (tertiary/aromatic N) is 4. The summed E-state index contributed by atoms with van der Waals surface area (Å²) in [5.74, 6) is -0.490. The number of ether oxygens (including phenoxy) is 2. The average Bonchev–Trinajstić information content (AvgIpc) is 3.65. The number of carbonyl (C=O) groups excluding carboxylic acids is 2. The van der Waals surface area contributed by atoms with Gasteiger partial charge in [-0.3, -0.25) is 14.5 Å². The molecular weight excluding hydrogens is 476 g/mol. The van der Waals surface area contributed by atoms with Gasteiger partial charge in [-0.2, -0.15) is 4.98 Å². The maximum atomic E-state index is 13.7. The molecule has 10 heteroatoms. The van der Waals surface area contributed by atoms with Crippen LogP contribution in [0.25, 0.3) is 11.4 Å². The van der Waals surface area contributed by atoms with E-state index in [0.29, 0.717) is 35.1 Å². The van der Waals surface area contributed by atoms with Gasteiger partial charge in [0.15, 0.2) is 11.5 Å². The summed E-state index contributed by atoms with van der Waals surface area (Å²) in [4.78, 5) is 37.2. The van der Waals surface area contributed by atoms with Crippen LogP contribution in [0.5, 0.6) is 5.88 Å².